The summed E-state index contributed by atoms with van der Waals surface area (Å²) in [4.78, 5) is 18.7. The van der Waals surface area contributed by atoms with Crippen molar-refractivity contribution >= 4 is 22.9 Å². The quantitative estimate of drug-likeness (QED) is 0.887. The first kappa shape index (κ1) is 15.3. The summed E-state index contributed by atoms with van der Waals surface area (Å²) in [6.45, 7) is 1.74. The largest absolute Gasteiger partial charge is 0.379 e. The Labute approximate surface area is 141 Å². The van der Waals surface area contributed by atoms with Crippen LogP contribution in [0.2, 0.25) is 0 Å². The molecule has 0 bridgehead atoms. The zero-order valence-corrected chi connectivity index (χ0v) is 13.4. The van der Waals surface area contributed by atoms with E-state index in [0.29, 0.717) is 30.8 Å². The maximum absolute atomic E-state index is 13.3. The molecule has 0 aromatic carbocycles. The predicted molar refractivity (Wildman–Crippen MR) is 87.6 cm³/mol. The van der Waals surface area contributed by atoms with Gasteiger partial charge in [0.2, 0.25) is 5.95 Å². The third-order valence-corrected chi connectivity index (χ3v) is 5.70. The molecule has 2 aliphatic rings. The first-order valence-electron chi connectivity index (χ1n) is 7.40. The molecule has 6 nitrogen and oxygen atoms in total. The van der Waals surface area contributed by atoms with Crippen LogP contribution >= 0.6 is 11.8 Å². The van der Waals surface area contributed by atoms with Crippen LogP contribution in [0.4, 0.5) is 14.7 Å². The van der Waals surface area contributed by atoms with Gasteiger partial charge in [0.1, 0.15) is 5.82 Å². The van der Waals surface area contributed by atoms with Gasteiger partial charge in [0.25, 0.3) is 0 Å². The number of halogens is 2. The Balaban J connectivity index is 1.72. The van der Waals surface area contributed by atoms with Crippen LogP contribution in [0.5, 0.6) is 0 Å². The summed E-state index contributed by atoms with van der Waals surface area (Å²) in [7, 11) is 0. The van der Waals surface area contributed by atoms with Crippen LogP contribution in [-0.2, 0) is 4.75 Å². The number of hydrogen-bond acceptors (Lipinski definition) is 7. The van der Waals surface area contributed by atoms with Gasteiger partial charge in [-0.15, -0.1) is 0 Å². The van der Waals surface area contributed by atoms with E-state index in [0.717, 1.165) is 18.1 Å². The predicted octanol–water partition coefficient (Wildman–Crippen LogP) is 1.54. The number of amidine groups is 1. The van der Waals surface area contributed by atoms with Crippen LogP contribution in [0.1, 0.15) is 5.69 Å². The van der Waals surface area contributed by atoms with E-state index in [2.05, 4.69) is 19.9 Å². The lowest BCUT2D eigenvalue weighted by Gasteiger charge is -2.35. The molecule has 2 aromatic heterocycles. The number of nitrogens with zero attached hydrogens (tertiary/aromatic N) is 5. The van der Waals surface area contributed by atoms with Crippen molar-refractivity contribution in [3.05, 3.63) is 48.1 Å². The van der Waals surface area contributed by atoms with Gasteiger partial charge in [-0.2, -0.15) is 0 Å². The van der Waals surface area contributed by atoms with Crippen molar-refractivity contribution in [3.8, 4) is 0 Å². The minimum Gasteiger partial charge on any atom is -0.379 e. The smallest absolute Gasteiger partial charge is 0.225 e. The second-order valence-electron chi connectivity index (χ2n) is 5.81. The Morgan fingerprint density at radius 1 is 1.12 bits per heavy atom. The summed E-state index contributed by atoms with van der Waals surface area (Å²) in [5.41, 5.74) is 6.71. The number of fused-ring (bicyclic) bond motifs is 1. The summed E-state index contributed by atoms with van der Waals surface area (Å²) >= 11 is 1.44. The van der Waals surface area contributed by atoms with Crippen LogP contribution < -0.4 is 10.6 Å². The van der Waals surface area contributed by atoms with Gasteiger partial charge >= 0.3 is 0 Å². The number of thioether (sulfide) groups is 1. The number of rotatable bonds is 2. The van der Waals surface area contributed by atoms with Crippen LogP contribution in [0.15, 0.2) is 35.7 Å². The van der Waals surface area contributed by atoms with Gasteiger partial charge in [0.15, 0.2) is 11.0 Å². The summed E-state index contributed by atoms with van der Waals surface area (Å²) < 4.78 is 25.9. The summed E-state index contributed by atoms with van der Waals surface area (Å²) in [6, 6.07) is 3.08. The third-order valence-electron chi connectivity index (χ3n) is 4.33. The lowest BCUT2D eigenvalue weighted by atomic mass is 9.91. The molecule has 24 heavy (non-hydrogen) atoms. The summed E-state index contributed by atoms with van der Waals surface area (Å²) in [5.74, 6) is -0.286. The third kappa shape index (κ3) is 2.48. The van der Waals surface area contributed by atoms with Crippen LogP contribution in [0.25, 0.3) is 0 Å². The van der Waals surface area contributed by atoms with Crippen LogP contribution in [0.3, 0.4) is 0 Å². The molecule has 4 heterocycles. The first-order valence-corrected chi connectivity index (χ1v) is 8.22. The van der Waals surface area contributed by atoms with Crippen LogP contribution in [-0.4, -0.2) is 39.8 Å². The van der Waals surface area contributed by atoms with Crippen molar-refractivity contribution < 1.29 is 8.78 Å². The average molecular weight is 348 g/mol. The molecule has 1 fully saturated rings. The van der Waals surface area contributed by atoms with Gasteiger partial charge in [-0.25, -0.2) is 18.7 Å². The van der Waals surface area contributed by atoms with Gasteiger partial charge < -0.3 is 10.6 Å². The van der Waals surface area contributed by atoms with E-state index in [9.17, 15) is 8.78 Å². The minimum absolute atomic E-state index is 0.126. The number of hydrogen-bond donors (Lipinski definition) is 1. The van der Waals surface area contributed by atoms with E-state index in [4.69, 9.17) is 5.73 Å². The highest BCUT2D eigenvalue weighted by Gasteiger charge is 2.52. The number of aliphatic imine (C=N–C) groups is 1. The van der Waals surface area contributed by atoms with Crippen molar-refractivity contribution in [1.82, 2.24) is 15.0 Å². The molecule has 0 radical (unpaired) electrons. The molecule has 0 aliphatic carbocycles. The maximum Gasteiger partial charge on any atom is 0.225 e. The van der Waals surface area contributed by atoms with Crippen molar-refractivity contribution in [3.63, 3.8) is 0 Å². The highest BCUT2D eigenvalue weighted by molar-refractivity contribution is 8.14. The molecule has 2 aliphatic heterocycles. The molecule has 0 spiro atoms. The number of aromatic nitrogens is 3. The summed E-state index contributed by atoms with van der Waals surface area (Å²) in [5, 5.41) is 0.485. The molecule has 2 unspecified atom stereocenters. The number of nitrogens with two attached hydrogens (primary N) is 1. The molecule has 4 rings (SSSR count). The monoisotopic (exact) mass is 348 g/mol. The molecule has 1 saturated heterocycles. The first-order chi connectivity index (χ1) is 11.6. The van der Waals surface area contributed by atoms with E-state index in [-0.39, 0.29) is 11.7 Å². The van der Waals surface area contributed by atoms with Gasteiger partial charge in [-0.05, 0) is 12.1 Å². The fourth-order valence-corrected chi connectivity index (χ4v) is 4.49. The molecule has 2 N–H and O–H groups in total. The normalized spacial score (nSPS) is 26.2. The molecule has 0 amide bonds. The SMILES string of the molecule is NC1=NCC2CN(c3ncc(F)cn3)CC2(c2ccc(F)cn2)S1. The average Bonchev–Trinajstić information content (AvgIpc) is 2.96. The van der Waals surface area contributed by atoms with Gasteiger partial charge in [0, 0.05) is 25.6 Å². The molecule has 9 heteroatoms. The van der Waals surface area contributed by atoms with E-state index >= 15 is 0 Å². The Morgan fingerprint density at radius 2 is 1.88 bits per heavy atom. The van der Waals surface area contributed by atoms with E-state index in [1.54, 1.807) is 6.07 Å². The number of pyridine rings is 1. The Hall–Kier alpha value is -2.29. The van der Waals surface area contributed by atoms with Gasteiger partial charge in [0.05, 0.1) is 29.0 Å². The van der Waals surface area contributed by atoms with Gasteiger partial charge in [-0.1, -0.05) is 11.8 Å². The molecule has 2 aromatic rings. The lowest BCUT2D eigenvalue weighted by Crippen LogP contribution is -2.40. The van der Waals surface area contributed by atoms with E-state index < -0.39 is 10.6 Å². The fraction of sp³-hybridized carbons (Fsp3) is 0.333. The van der Waals surface area contributed by atoms with E-state index in [1.807, 2.05) is 4.90 Å². The Bertz CT molecular complexity index is 782. The van der Waals surface area contributed by atoms with Crippen molar-refractivity contribution in [2.75, 3.05) is 24.5 Å². The second-order valence-corrected chi connectivity index (χ2v) is 7.16. The Kier molecular flexibility index (Phi) is 3.60. The second kappa shape index (κ2) is 5.66. The van der Waals surface area contributed by atoms with Crippen LogP contribution in [0, 0.1) is 17.6 Å². The van der Waals surface area contributed by atoms with E-state index in [1.165, 1.54) is 24.0 Å². The van der Waals surface area contributed by atoms with Gasteiger partial charge in [-0.3, -0.25) is 9.98 Å². The molecule has 2 atom stereocenters. The summed E-state index contributed by atoms with van der Waals surface area (Å²) in [6.07, 6.45) is 3.50. The van der Waals surface area contributed by atoms with Crippen molar-refractivity contribution in [2.24, 2.45) is 16.6 Å². The molecule has 124 valence electrons. The molecular formula is C15H14F2N6S. The molecule has 0 saturated carbocycles. The van der Waals surface area contributed by atoms with Crippen molar-refractivity contribution in [2.45, 2.75) is 4.75 Å². The fourth-order valence-electron chi connectivity index (χ4n) is 3.22. The van der Waals surface area contributed by atoms with Crippen molar-refractivity contribution in [1.29, 1.82) is 0 Å². The Morgan fingerprint density at radius 3 is 2.58 bits per heavy atom. The minimum atomic E-state index is -0.479. The zero-order chi connectivity index (χ0) is 16.7. The zero-order valence-electron chi connectivity index (χ0n) is 12.6. The highest BCUT2D eigenvalue weighted by Crippen LogP contribution is 2.50. The molecular weight excluding hydrogens is 334 g/mol. The number of anilines is 1. The maximum atomic E-state index is 13.3. The topological polar surface area (TPSA) is 80.3 Å². The highest BCUT2D eigenvalue weighted by atomic mass is 32.2. The standard InChI is InChI=1S/C15H14F2N6S/c16-10-1-2-12(19-4-10)15-8-23(14-21-5-11(17)6-22-14)7-9(15)3-20-13(18)24-15/h1-2,4-6,9H,3,7-8H2,(H2,18,20). The lowest BCUT2D eigenvalue weighted by molar-refractivity contribution is 0.475.